The number of halogens is 1. The predicted molar refractivity (Wildman–Crippen MR) is 75.4 cm³/mol. The number of carbonyl (C=O) groups is 3. The van der Waals surface area contributed by atoms with Crippen molar-refractivity contribution < 1.29 is 24.2 Å². The van der Waals surface area contributed by atoms with E-state index in [2.05, 4.69) is 0 Å². The number of likely N-dealkylation sites (tertiary alicyclic amines) is 1. The zero-order valence-corrected chi connectivity index (χ0v) is 12.8. The van der Waals surface area contributed by atoms with Gasteiger partial charge in [-0.25, -0.2) is 4.79 Å². The van der Waals surface area contributed by atoms with Gasteiger partial charge in [0.1, 0.15) is 11.2 Å². The first-order chi connectivity index (χ1) is 9.40. The van der Waals surface area contributed by atoms with E-state index in [9.17, 15) is 19.5 Å². The Bertz CT molecular complexity index is 451. The van der Waals surface area contributed by atoms with Gasteiger partial charge in [0.25, 0.3) is 0 Å². The van der Waals surface area contributed by atoms with Crippen LogP contribution in [-0.4, -0.2) is 52.1 Å². The van der Waals surface area contributed by atoms with Crippen LogP contribution < -0.4 is 0 Å². The summed E-state index contributed by atoms with van der Waals surface area (Å²) in [5, 5.41) is 9.26. The lowest BCUT2D eigenvalue weighted by Crippen LogP contribution is -2.50. The summed E-state index contributed by atoms with van der Waals surface area (Å²) in [6, 6.07) is 0. The van der Waals surface area contributed by atoms with Gasteiger partial charge < -0.3 is 9.84 Å². The molecule has 1 N–H and O–H groups in total. The summed E-state index contributed by atoms with van der Waals surface area (Å²) in [7, 11) is 0. The summed E-state index contributed by atoms with van der Waals surface area (Å²) in [6.07, 6.45) is 0.0765. The van der Waals surface area contributed by atoms with E-state index in [1.807, 2.05) is 6.92 Å². The van der Waals surface area contributed by atoms with Crippen LogP contribution in [0.1, 0.15) is 20.3 Å². The number of allylic oxidation sites excluding steroid dienone is 1. The highest BCUT2D eigenvalue weighted by atomic mass is 35.5. The van der Waals surface area contributed by atoms with Crippen molar-refractivity contribution in [2.24, 2.45) is 0 Å². The van der Waals surface area contributed by atoms with Crippen molar-refractivity contribution in [1.82, 2.24) is 4.90 Å². The first-order valence-electron chi connectivity index (χ1n) is 6.05. The zero-order valence-electron chi connectivity index (χ0n) is 11.2. The van der Waals surface area contributed by atoms with Crippen molar-refractivity contribution in [1.29, 1.82) is 0 Å². The third-order valence-corrected chi connectivity index (χ3v) is 4.04. The standard InChI is InChI=1S/C12H16ClNO5S/c1-3-19-4-5-20-11(7(2)15)10(12(17)18)14-8(13)6-9(14)16/h8H,3-6H2,1-2H3,(H,17,18). The molecule has 0 aromatic rings. The van der Waals surface area contributed by atoms with Crippen molar-refractivity contribution >= 4 is 41.0 Å². The molecule has 20 heavy (non-hydrogen) atoms. The highest BCUT2D eigenvalue weighted by Crippen LogP contribution is 2.33. The van der Waals surface area contributed by atoms with Gasteiger partial charge in [-0.05, 0) is 13.8 Å². The minimum atomic E-state index is -1.34. The summed E-state index contributed by atoms with van der Waals surface area (Å²) < 4.78 is 5.14. The van der Waals surface area contributed by atoms with Gasteiger partial charge in [0, 0.05) is 12.4 Å². The number of alkyl halides is 1. The van der Waals surface area contributed by atoms with Gasteiger partial charge in [0.2, 0.25) is 5.91 Å². The Kier molecular flexibility index (Phi) is 6.51. The lowest BCUT2D eigenvalue weighted by Gasteiger charge is -2.36. The maximum Gasteiger partial charge on any atom is 0.353 e. The lowest BCUT2D eigenvalue weighted by molar-refractivity contribution is -0.146. The van der Waals surface area contributed by atoms with Crippen molar-refractivity contribution in [2.75, 3.05) is 19.0 Å². The van der Waals surface area contributed by atoms with E-state index in [0.29, 0.717) is 19.0 Å². The fourth-order valence-electron chi connectivity index (χ4n) is 1.64. The van der Waals surface area contributed by atoms with Crippen LogP contribution in [0.25, 0.3) is 0 Å². The Labute approximate surface area is 126 Å². The van der Waals surface area contributed by atoms with E-state index in [4.69, 9.17) is 16.3 Å². The molecule has 1 unspecified atom stereocenters. The van der Waals surface area contributed by atoms with E-state index in [1.54, 1.807) is 0 Å². The summed E-state index contributed by atoms with van der Waals surface area (Å²) in [6.45, 7) is 4.04. The fourth-order valence-corrected chi connectivity index (χ4v) is 2.90. The monoisotopic (exact) mass is 321 g/mol. The molecule has 0 saturated carbocycles. The van der Waals surface area contributed by atoms with Gasteiger partial charge in [-0.15, -0.1) is 11.8 Å². The number of hydrogen-bond donors (Lipinski definition) is 1. The van der Waals surface area contributed by atoms with E-state index in [-0.39, 0.29) is 17.0 Å². The number of rotatable bonds is 8. The number of aliphatic carboxylic acids is 1. The molecule has 1 heterocycles. The number of hydrogen-bond acceptors (Lipinski definition) is 5. The van der Waals surface area contributed by atoms with E-state index in [0.717, 1.165) is 16.7 Å². The van der Waals surface area contributed by atoms with Crippen molar-refractivity contribution in [3.8, 4) is 0 Å². The minimum absolute atomic E-state index is 0.0240. The predicted octanol–water partition coefficient (Wildman–Crippen LogP) is 1.44. The van der Waals surface area contributed by atoms with Gasteiger partial charge in [0.15, 0.2) is 5.78 Å². The average molecular weight is 322 g/mol. The Morgan fingerprint density at radius 2 is 2.20 bits per heavy atom. The van der Waals surface area contributed by atoms with Gasteiger partial charge in [-0.2, -0.15) is 0 Å². The smallest absolute Gasteiger partial charge is 0.353 e. The van der Waals surface area contributed by atoms with Crippen LogP contribution in [0.2, 0.25) is 0 Å². The molecule has 8 heteroatoms. The number of amides is 1. The summed E-state index contributed by atoms with van der Waals surface area (Å²) in [4.78, 5) is 35.5. The number of carboxylic acid groups (broad SMARTS) is 1. The number of carbonyl (C=O) groups excluding carboxylic acids is 2. The summed E-state index contributed by atoms with van der Waals surface area (Å²) >= 11 is 6.90. The molecule has 0 aromatic heterocycles. The number of β-lactam (4-membered cyclic amide) rings is 1. The molecule has 1 amide bonds. The molecule has 112 valence electrons. The first kappa shape index (κ1) is 17.0. The molecule has 0 aliphatic carbocycles. The molecule has 1 aliphatic rings. The van der Waals surface area contributed by atoms with Crippen LogP contribution in [-0.2, 0) is 19.1 Å². The maximum absolute atomic E-state index is 11.6. The second-order valence-electron chi connectivity index (χ2n) is 3.99. The average Bonchev–Trinajstić information content (AvgIpc) is 2.36. The molecule has 0 spiro atoms. The SMILES string of the molecule is CCOCCSC(C(C)=O)=C(C(=O)O)N1C(=O)CC1Cl. The topological polar surface area (TPSA) is 83.9 Å². The molecule has 0 radical (unpaired) electrons. The molecular weight excluding hydrogens is 306 g/mol. The second kappa shape index (κ2) is 7.66. The molecule has 1 fully saturated rings. The van der Waals surface area contributed by atoms with E-state index >= 15 is 0 Å². The molecule has 6 nitrogen and oxygen atoms in total. The van der Waals surface area contributed by atoms with Crippen LogP contribution in [0.3, 0.4) is 0 Å². The van der Waals surface area contributed by atoms with Crippen molar-refractivity contribution in [2.45, 2.75) is 25.8 Å². The minimum Gasteiger partial charge on any atom is -0.477 e. The number of ether oxygens (including phenoxy) is 1. The molecule has 1 rings (SSSR count). The molecule has 1 aliphatic heterocycles. The highest BCUT2D eigenvalue weighted by Gasteiger charge is 2.41. The van der Waals surface area contributed by atoms with Crippen molar-refractivity contribution in [3.05, 3.63) is 10.6 Å². The molecule has 0 aromatic carbocycles. The third-order valence-electron chi connectivity index (χ3n) is 2.55. The molecule has 0 bridgehead atoms. The van der Waals surface area contributed by atoms with Crippen LogP contribution in [0, 0.1) is 0 Å². The number of nitrogens with zero attached hydrogens (tertiary/aromatic N) is 1. The Balaban J connectivity index is 2.97. The van der Waals surface area contributed by atoms with Crippen LogP contribution in [0.5, 0.6) is 0 Å². The van der Waals surface area contributed by atoms with E-state index < -0.39 is 23.2 Å². The van der Waals surface area contributed by atoms with Crippen LogP contribution >= 0.6 is 23.4 Å². The lowest BCUT2D eigenvalue weighted by atomic mass is 10.1. The highest BCUT2D eigenvalue weighted by molar-refractivity contribution is 8.04. The normalized spacial score (nSPS) is 19.4. The summed E-state index contributed by atoms with van der Waals surface area (Å²) in [5.41, 5.74) is -1.05. The quantitative estimate of drug-likeness (QED) is 0.239. The largest absolute Gasteiger partial charge is 0.477 e. The van der Waals surface area contributed by atoms with Crippen LogP contribution in [0.15, 0.2) is 10.6 Å². The van der Waals surface area contributed by atoms with Gasteiger partial charge in [0.05, 0.1) is 17.9 Å². The maximum atomic E-state index is 11.6. The number of ketones is 1. The Morgan fingerprint density at radius 1 is 1.55 bits per heavy atom. The summed E-state index contributed by atoms with van der Waals surface area (Å²) in [5.74, 6) is -1.72. The zero-order chi connectivity index (χ0) is 15.3. The molecule has 1 saturated heterocycles. The van der Waals surface area contributed by atoms with Gasteiger partial charge in [-0.1, -0.05) is 11.6 Å². The number of carboxylic acids is 1. The third kappa shape index (κ3) is 3.97. The number of Topliss-reactive ketones (excluding diaryl/α,β-unsaturated/α-hetero) is 1. The first-order valence-corrected chi connectivity index (χ1v) is 7.47. The van der Waals surface area contributed by atoms with E-state index in [1.165, 1.54) is 6.92 Å². The second-order valence-corrected chi connectivity index (χ2v) is 5.60. The van der Waals surface area contributed by atoms with Crippen molar-refractivity contribution in [3.63, 3.8) is 0 Å². The molecular formula is C12H16ClNO5S. The Hall–Kier alpha value is -1.05. The van der Waals surface area contributed by atoms with Gasteiger partial charge in [-0.3, -0.25) is 14.5 Å². The molecule has 1 atom stereocenters. The Morgan fingerprint density at radius 3 is 2.60 bits per heavy atom. The van der Waals surface area contributed by atoms with Gasteiger partial charge >= 0.3 is 5.97 Å². The number of thioether (sulfide) groups is 1. The van der Waals surface area contributed by atoms with Crippen LogP contribution in [0.4, 0.5) is 0 Å². The fraction of sp³-hybridized carbons (Fsp3) is 0.583.